The first kappa shape index (κ1) is 14.7. The first-order valence-corrected chi connectivity index (χ1v) is 7.54. The minimum atomic E-state index is -0.308. The summed E-state index contributed by atoms with van der Waals surface area (Å²) >= 11 is 5.41. The highest BCUT2D eigenvalue weighted by Gasteiger charge is 2.23. The number of benzene rings is 2. The molecule has 5 heteroatoms. The fraction of sp³-hybridized carbons (Fsp3) is 0.176. The molecule has 0 amide bonds. The summed E-state index contributed by atoms with van der Waals surface area (Å²) in [4.78, 5) is 5.34. The SMILES string of the molecule is CCC1N=C(c2ccccc2F)c2cc(N)ccc2NC1=S. The zero-order valence-electron chi connectivity index (χ0n) is 12.1. The van der Waals surface area contributed by atoms with Gasteiger partial charge in [0.2, 0.25) is 0 Å². The molecule has 0 aromatic heterocycles. The lowest BCUT2D eigenvalue weighted by Gasteiger charge is -2.11. The number of halogens is 1. The average molecular weight is 313 g/mol. The van der Waals surface area contributed by atoms with E-state index in [-0.39, 0.29) is 11.9 Å². The van der Waals surface area contributed by atoms with Gasteiger partial charge in [0.25, 0.3) is 0 Å². The highest BCUT2D eigenvalue weighted by molar-refractivity contribution is 7.80. The Kier molecular flexibility index (Phi) is 3.90. The van der Waals surface area contributed by atoms with E-state index in [0.29, 0.717) is 22.0 Å². The summed E-state index contributed by atoms with van der Waals surface area (Å²) in [6, 6.07) is 11.9. The number of anilines is 2. The van der Waals surface area contributed by atoms with Crippen LogP contribution in [0.1, 0.15) is 24.5 Å². The van der Waals surface area contributed by atoms with Crippen LogP contribution < -0.4 is 11.1 Å². The van der Waals surface area contributed by atoms with Crippen molar-refractivity contribution in [2.45, 2.75) is 19.4 Å². The van der Waals surface area contributed by atoms with Gasteiger partial charge in [-0.15, -0.1) is 0 Å². The van der Waals surface area contributed by atoms with Crippen molar-refractivity contribution < 1.29 is 4.39 Å². The molecule has 3 N–H and O–H groups in total. The van der Waals surface area contributed by atoms with Gasteiger partial charge in [0.05, 0.1) is 5.71 Å². The normalized spacial score (nSPS) is 17.3. The lowest BCUT2D eigenvalue weighted by molar-refractivity contribution is 0.625. The maximum atomic E-state index is 14.3. The topological polar surface area (TPSA) is 50.4 Å². The van der Waals surface area contributed by atoms with Crippen molar-refractivity contribution in [3.05, 3.63) is 59.4 Å². The molecule has 2 aromatic carbocycles. The summed E-state index contributed by atoms with van der Waals surface area (Å²) in [6.45, 7) is 2.01. The number of nitrogens with one attached hydrogen (secondary N) is 1. The third-order valence-electron chi connectivity index (χ3n) is 3.66. The summed E-state index contributed by atoms with van der Waals surface area (Å²) in [6.07, 6.45) is 0.743. The van der Waals surface area contributed by atoms with Crippen LogP contribution in [0.3, 0.4) is 0 Å². The van der Waals surface area contributed by atoms with Crippen LogP contribution >= 0.6 is 12.2 Å². The second-order valence-corrected chi connectivity index (χ2v) is 5.62. The number of aliphatic imine (C=N–C) groups is 1. The summed E-state index contributed by atoms with van der Waals surface area (Å²) < 4.78 is 14.3. The Morgan fingerprint density at radius 1 is 1.23 bits per heavy atom. The van der Waals surface area contributed by atoms with E-state index < -0.39 is 0 Å². The van der Waals surface area contributed by atoms with Crippen LogP contribution in [0.25, 0.3) is 0 Å². The standard InChI is InChI=1S/C17H16FN3S/c1-2-14-17(22)21-15-8-7-10(19)9-12(15)16(20-14)11-5-3-4-6-13(11)18/h3-9,14H,2,19H2,1H3,(H,21,22). The second-order valence-electron chi connectivity index (χ2n) is 5.18. The van der Waals surface area contributed by atoms with Crippen molar-refractivity contribution in [3.63, 3.8) is 0 Å². The van der Waals surface area contributed by atoms with E-state index in [4.69, 9.17) is 22.9 Å². The Hall–Kier alpha value is -2.27. The maximum absolute atomic E-state index is 14.3. The van der Waals surface area contributed by atoms with E-state index in [0.717, 1.165) is 17.7 Å². The van der Waals surface area contributed by atoms with Gasteiger partial charge >= 0.3 is 0 Å². The van der Waals surface area contributed by atoms with Crippen molar-refractivity contribution in [2.24, 2.45) is 4.99 Å². The predicted octanol–water partition coefficient (Wildman–Crippen LogP) is 3.78. The molecule has 0 saturated heterocycles. The molecule has 1 aliphatic heterocycles. The molecule has 0 bridgehead atoms. The summed E-state index contributed by atoms with van der Waals surface area (Å²) in [7, 11) is 0. The van der Waals surface area contributed by atoms with E-state index >= 15 is 0 Å². The molecule has 3 rings (SSSR count). The minimum absolute atomic E-state index is 0.182. The molecule has 1 aliphatic rings. The molecule has 112 valence electrons. The van der Waals surface area contributed by atoms with Gasteiger partial charge in [0.1, 0.15) is 16.8 Å². The molecule has 2 aromatic rings. The quantitative estimate of drug-likeness (QED) is 0.655. The highest BCUT2D eigenvalue weighted by atomic mass is 32.1. The lowest BCUT2D eigenvalue weighted by atomic mass is 9.99. The van der Waals surface area contributed by atoms with Gasteiger partial charge in [-0.05, 0) is 36.8 Å². The molecular weight excluding hydrogens is 297 g/mol. The summed E-state index contributed by atoms with van der Waals surface area (Å²) in [5.74, 6) is -0.308. The van der Waals surface area contributed by atoms with Crippen LogP contribution in [0.4, 0.5) is 15.8 Å². The molecule has 22 heavy (non-hydrogen) atoms. The number of nitrogens with two attached hydrogens (primary N) is 1. The van der Waals surface area contributed by atoms with Crippen LogP contribution in [0, 0.1) is 5.82 Å². The van der Waals surface area contributed by atoms with Gasteiger partial charge in [-0.3, -0.25) is 4.99 Å². The molecule has 1 heterocycles. The maximum Gasteiger partial charge on any atom is 0.132 e. The summed E-state index contributed by atoms with van der Waals surface area (Å²) in [5, 5.41) is 3.21. The molecule has 3 nitrogen and oxygen atoms in total. The molecule has 0 aliphatic carbocycles. The fourth-order valence-corrected chi connectivity index (χ4v) is 2.84. The van der Waals surface area contributed by atoms with E-state index in [9.17, 15) is 4.39 Å². The number of nitrogen functional groups attached to an aromatic ring is 1. The number of fused-ring (bicyclic) bond motifs is 1. The van der Waals surface area contributed by atoms with Crippen LogP contribution in [0.2, 0.25) is 0 Å². The van der Waals surface area contributed by atoms with Crippen LogP contribution in [0.5, 0.6) is 0 Å². The van der Waals surface area contributed by atoms with E-state index in [1.807, 2.05) is 13.0 Å². The van der Waals surface area contributed by atoms with Crippen molar-refractivity contribution in [3.8, 4) is 0 Å². The highest BCUT2D eigenvalue weighted by Crippen LogP contribution is 2.28. The lowest BCUT2D eigenvalue weighted by Crippen LogP contribution is -2.22. The van der Waals surface area contributed by atoms with Gasteiger partial charge in [0.15, 0.2) is 0 Å². The number of nitrogens with zero attached hydrogens (tertiary/aromatic N) is 1. The molecular formula is C17H16FN3S. The van der Waals surface area contributed by atoms with Crippen molar-refractivity contribution >= 4 is 34.3 Å². The Balaban J connectivity index is 2.26. The average Bonchev–Trinajstić information content (AvgIpc) is 2.64. The second kappa shape index (κ2) is 5.85. The molecule has 0 radical (unpaired) electrons. The molecule has 1 atom stereocenters. The molecule has 0 saturated carbocycles. The van der Waals surface area contributed by atoms with Crippen molar-refractivity contribution in [2.75, 3.05) is 11.1 Å². The number of rotatable bonds is 2. The van der Waals surface area contributed by atoms with Gasteiger partial charge in [0, 0.05) is 22.5 Å². The number of hydrogen-bond acceptors (Lipinski definition) is 3. The molecule has 0 fully saturated rings. The number of benzodiazepines with no additional fused rings is 1. The Labute approximate surface area is 134 Å². The zero-order chi connectivity index (χ0) is 15.7. The Morgan fingerprint density at radius 3 is 2.73 bits per heavy atom. The first-order chi connectivity index (χ1) is 10.6. The van der Waals surface area contributed by atoms with Gasteiger partial charge < -0.3 is 11.1 Å². The van der Waals surface area contributed by atoms with E-state index in [1.54, 1.807) is 30.3 Å². The number of hydrogen-bond donors (Lipinski definition) is 2. The van der Waals surface area contributed by atoms with Crippen LogP contribution in [0.15, 0.2) is 47.5 Å². The zero-order valence-corrected chi connectivity index (χ0v) is 13.0. The Morgan fingerprint density at radius 2 is 2.00 bits per heavy atom. The van der Waals surface area contributed by atoms with Crippen LogP contribution in [-0.4, -0.2) is 16.7 Å². The predicted molar refractivity (Wildman–Crippen MR) is 93.2 cm³/mol. The fourth-order valence-electron chi connectivity index (χ4n) is 2.51. The van der Waals surface area contributed by atoms with Gasteiger partial charge in [-0.1, -0.05) is 31.3 Å². The van der Waals surface area contributed by atoms with Crippen molar-refractivity contribution in [1.82, 2.24) is 0 Å². The molecule has 0 spiro atoms. The van der Waals surface area contributed by atoms with Gasteiger partial charge in [-0.2, -0.15) is 0 Å². The summed E-state index contributed by atoms with van der Waals surface area (Å²) in [5.41, 5.74) is 9.12. The third-order valence-corrected chi connectivity index (χ3v) is 4.03. The van der Waals surface area contributed by atoms with E-state index in [1.165, 1.54) is 6.07 Å². The van der Waals surface area contributed by atoms with Crippen molar-refractivity contribution in [1.29, 1.82) is 0 Å². The molecule has 1 unspecified atom stereocenters. The third kappa shape index (κ3) is 2.60. The number of thiocarbonyl (C=S) groups is 1. The Bertz CT molecular complexity index is 770. The largest absolute Gasteiger partial charge is 0.399 e. The van der Waals surface area contributed by atoms with E-state index in [2.05, 4.69) is 5.32 Å². The van der Waals surface area contributed by atoms with Crippen LogP contribution in [-0.2, 0) is 0 Å². The van der Waals surface area contributed by atoms with Gasteiger partial charge in [-0.25, -0.2) is 4.39 Å². The monoisotopic (exact) mass is 313 g/mol. The minimum Gasteiger partial charge on any atom is -0.399 e. The first-order valence-electron chi connectivity index (χ1n) is 7.13. The smallest absolute Gasteiger partial charge is 0.132 e.